The number of benzene rings is 1. The lowest BCUT2D eigenvalue weighted by Crippen LogP contribution is -2.42. The van der Waals surface area contributed by atoms with E-state index >= 15 is 0 Å². The molecule has 1 aromatic carbocycles. The van der Waals surface area contributed by atoms with E-state index in [4.69, 9.17) is 14.2 Å². The zero-order valence-corrected chi connectivity index (χ0v) is 15.3. The maximum Gasteiger partial charge on any atom is 0.316 e. The van der Waals surface area contributed by atoms with E-state index in [-0.39, 0.29) is 12.0 Å². The standard InChI is InChI=1S/C19H23N3O4/c1-13-11-20-19(21-12-13)26-15-4-6-22(7-5-15)18(23)14-8-16(24-2)10-17(9-14)25-3/h8-12,15H,4-7H2,1-3H3. The number of ether oxygens (including phenoxy) is 3. The number of methoxy groups -OCH3 is 2. The minimum Gasteiger partial charge on any atom is -0.497 e. The van der Waals surface area contributed by atoms with Crippen molar-refractivity contribution in [2.45, 2.75) is 25.9 Å². The number of amides is 1. The Morgan fingerprint density at radius 1 is 1.04 bits per heavy atom. The van der Waals surface area contributed by atoms with Gasteiger partial charge < -0.3 is 19.1 Å². The monoisotopic (exact) mass is 357 g/mol. The first-order valence-corrected chi connectivity index (χ1v) is 8.56. The van der Waals surface area contributed by atoms with Crippen molar-refractivity contribution in [1.29, 1.82) is 0 Å². The average Bonchev–Trinajstić information content (AvgIpc) is 2.69. The number of carbonyl (C=O) groups is 1. The number of nitrogens with zero attached hydrogens (tertiary/aromatic N) is 3. The lowest BCUT2D eigenvalue weighted by Gasteiger charge is -2.31. The quantitative estimate of drug-likeness (QED) is 0.818. The Kier molecular flexibility index (Phi) is 5.55. The van der Waals surface area contributed by atoms with E-state index in [1.165, 1.54) is 0 Å². The van der Waals surface area contributed by atoms with Crippen LogP contribution in [0.2, 0.25) is 0 Å². The molecule has 1 aliphatic heterocycles. The molecule has 0 atom stereocenters. The molecule has 0 N–H and O–H groups in total. The highest BCUT2D eigenvalue weighted by Crippen LogP contribution is 2.25. The predicted octanol–water partition coefficient (Wildman–Crippen LogP) is 2.49. The third-order valence-electron chi connectivity index (χ3n) is 4.36. The Bertz CT molecular complexity index is 734. The highest BCUT2D eigenvalue weighted by Gasteiger charge is 2.26. The summed E-state index contributed by atoms with van der Waals surface area (Å²) in [7, 11) is 3.14. The molecule has 2 heterocycles. The Labute approximate surface area is 152 Å². The van der Waals surface area contributed by atoms with Gasteiger partial charge in [-0.15, -0.1) is 0 Å². The third-order valence-corrected chi connectivity index (χ3v) is 4.36. The molecule has 0 spiro atoms. The zero-order chi connectivity index (χ0) is 18.5. The molecule has 138 valence electrons. The van der Waals surface area contributed by atoms with E-state index in [9.17, 15) is 4.79 Å². The molecule has 0 aliphatic carbocycles. The first-order chi connectivity index (χ1) is 12.6. The fraction of sp³-hybridized carbons (Fsp3) is 0.421. The topological polar surface area (TPSA) is 73.8 Å². The van der Waals surface area contributed by atoms with E-state index in [0.29, 0.717) is 36.2 Å². The lowest BCUT2D eigenvalue weighted by molar-refractivity contribution is 0.0578. The van der Waals surface area contributed by atoms with Crippen molar-refractivity contribution in [3.63, 3.8) is 0 Å². The number of hydrogen-bond donors (Lipinski definition) is 0. The molecular weight excluding hydrogens is 334 g/mol. The summed E-state index contributed by atoms with van der Waals surface area (Å²) in [5.74, 6) is 1.16. The summed E-state index contributed by atoms with van der Waals surface area (Å²) in [5, 5.41) is 0. The Hall–Kier alpha value is -2.83. The molecule has 1 aromatic heterocycles. The number of likely N-dealkylation sites (tertiary alicyclic amines) is 1. The van der Waals surface area contributed by atoms with Crippen molar-refractivity contribution in [2.75, 3.05) is 27.3 Å². The second-order valence-electron chi connectivity index (χ2n) is 6.25. The van der Waals surface area contributed by atoms with Gasteiger partial charge in [0.15, 0.2) is 0 Å². The maximum atomic E-state index is 12.8. The van der Waals surface area contributed by atoms with Gasteiger partial charge in [0.25, 0.3) is 5.91 Å². The molecular formula is C19H23N3O4. The molecule has 7 heteroatoms. The normalized spacial score (nSPS) is 14.8. The highest BCUT2D eigenvalue weighted by molar-refractivity contribution is 5.95. The van der Waals surface area contributed by atoms with Gasteiger partial charge in [0.05, 0.1) is 14.2 Å². The summed E-state index contributed by atoms with van der Waals surface area (Å²) in [5.41, 5.74) is 1.55. The SMILES string of the molecule is COc1cc(OC)cc(C(=O)N2CCC(Oc3ncc(C)cn3)CC2)c1. The smallest absolute Gasteiger partial charge is 0.316 e. The lowest BCUT2D eigenvalue weighted by atomic mass is 10.1. The molecule has 0 radical (unpaired) electrons. The molecule has 3 rings (SSSR count). The van der Waals surface area contributed by atoms with Gasteiger partial charge >= 0.3 is 6.01 Å². The molecule has 0 saturated carbocycles. The van der Waals surface area contributed by atoms with E-state index in [0.717, 1.165) is 18.4 Å². The number of rotatable bonds is 5. The van der Waals surface area contributed by atoms with Crippen molar-refractivity contribution in [1.82, 2.24) is 14.9 Å². The van der Waals surface area contributed by atoms with E-state index in [1.807, 2.05) is 11.8 Å². The number of hydrogen-bond acceptors (Lipinski definition) is 6. The van der Waals surface area contributed by atoms with Gasteiger partial charge in [-0.25, -0.2) is 9.97 Å². The summed E-state index contributed by atoms with van der Waals surface area (Å²) >= 11 is 0. The van der Waals surface area contributed by atoms with Gasteiger partial charge in [-0.2, -0.15) is 0 Å². The zero-order valence-electron chi connectivity index (χ0n) is 15.3. The van der Waals surface area contributed by atoms with Gasteiger partial charge in [0.2, 0.25) is 0 Å². The van der Waals surface area contributed by atoms with E-state index in [2.05, 4.69) is 9.97 Å². The van der Waals surface area contributed by atoms with Crippen LogP contribution in [0.1, 0.15) is 28.8 Å². The summed E-state index contributed by atoms with van der Waals surface area (Å²) in [6, 6.07) is 5.59. The molecule has 2 aromatic rings. The van der Waals surface area contributed by atoms with Gasteiger partial charge in [-0.3, -0.25) is 4.79 Å². The fourth-order valence-electron chi connectivity index (χ4n) is 2.88. The predicted molar refractivity (Wildman–Crippen MR) is 95.9 cm³/mol. The molecule has 7 nitrogen and oxygen atoms in total. The molecule has 26 heavy (non-hydrogen) atoms. The minimum absolute atomic E-state index is 0.0154. The van der Waals surface area contributed by atoms with Crippen molar-refractivity contribution in [3.05, 3.63) is 41.7 Å². The summed E-state index contributed by atoms with van der Waals surface area (Å²) in [6.07, 6.45) is 4.96. The Morgan fingerprint density at radius 2 is 1.62 bits per heavy atom. The molecule has 1 fully saturated rings. The van der Waals surface area contributed by atoms with E-state index in [1.54, 1.807) is 44.8 Å². The number of aromatic nitrogens is 2. The van der Waals surface area contributed by atoms with Crippen LogP contribution in [0, 0.1) is 6.92 Å². The minimum atomic E-state index is -0.0350. The largest absolute Gasteiger partial charge is 0.497 e. The van der Waals surface area contributed by atoms with Crippen molar-refractivity contribution >= 4 is 5.91 Å². The van der Waals surface area contributed by atoms with Crippen molar-refractivity contribution in [3.8, 4) is 17.5 Å². The third kappa shape index (κ3) is 4.22. The van der Waals surface area contributed by atoms with Crippen molar-refractivity contribution < 1.29 is 19.0 Å². The van der Waals surface area contributed by atoms with Crippen LogP contribution in [0.25, 0.3) is 0 Å². The van der Waals surface area contributed by atoms with Crippen LogP contribution < -0.4 is 14.2 Å². The summed E-state index contributed by atoms with van der Waals surface area (Å²) < 4.78 is 16.3. The van der Waals surface area contributed by atoms with Crippen LogP contribution in [-0.4, -0.2) is 54.2 Å². The Morgan fingerprint density at radius 3 is 2.15 bits per heavy atom. The van der Waals surface area contributed by atoms with Crippen LogP contribution in [0.15, 0.2) is 30.6 Å². The molecule has 0 bridgehead atoms. The van der Waals surface area contributed by atoms with E-state index < -0.39 is 0 Å². The maximum absolute atomic E-state index is 12.8. The second kappa shape index (κ2) is 8.03. The molecule has 1 amide bonds. The van der Waals surface area contributed by atoms with Crippen LogP contribution >= 0.6 is 0 Å². The molecule has 1 aliphatic rings. The second-order valence-corrected chi connectivity index (χ2v) is 6.25. The van der Waals surface area contributed by atoms with Crippen LogP contribution in [0.3, 0.4) is 0 Å². The molecule has 0 unspecified atom stereocenters. The number of carbonyl (C=O) groups excluding carboxylic acids is 1. The number of piperidine rings is 1. The molecule has 1 saturated heterocycles. The highest BCUT2D eigenvalue weighted by atomic mass is 16.5. The average molecular weight is 357 g/mol. The Balaban J connectivity index is 1.60. The first kappa shape index (κ1) is 18.0. The number of aryl methyl sites for hydroxylation is 1. The van der Waals surface area contributed by atoms with Crippen LogP contribution in [-0.2, 0) is 0 Å². The van der Waals surface area contributed by atoms with Gasteiger partial charge in [0.1, 0.15) is 17.6 Å². The van der Waals surface area contributed by atoms with Crippen LogP contribution in [0.5, 0.6) is 17.5 Å². The summed E-state index contributed by atoms with van der Waals surface area (Å²) in [6.45, 7) is 3.17. The van der Waals surface area contributed by atoms with Gasteiger partial charge in [-0.05, 0) is 24.6 Å². The van der Waals surface area contributed by atoms with Crippen molar-refractivity contribution in [2.24, 2.45) is 0 Å². The van der Waals surface area contributed by atoms with Gasteiger partial charge in [-0.1, -0.05) is 0 Å². The van der Waals surface area contributed by atoms with Gasteiger partial charge in [0, 0.05) is 50.0 Å². The first-order valence-electron chi connectivity index (χ1n) is 8.56. The summed E-state index contributed by atoms with van der Waals surface area (Å²) in [4.78, 5) is 23.0. The van der Waals surface area contributed by atoms with Crippen LogP contribution in [0.4, 0.5) is 0 Å². The fourth-order valence-corrected chi connectivity index (χ4v) is 2.88.